The number of sulfonamides is 1. The van der Waals surface area contributed by atoms with E-state index in [-0.39, 0.29) is 16.2 Å². The first-order chi connectivity index (χ1) is 12.7. The van der Waals surface area contributed by atoms with Crippen LogP contribution in [0.15, 0.2) is 41.3 Å². The predicted octanol–water partition coefficient (Wildman–Crippen LogP) is 3.12. The highest BCUT2D eigenvalue weighted by Gasteiger charge is 2.24. The molecule has 0 spiro atoms. The number of nitrogens with one attached hydrogen (secondary N) is 1. The van der Waals surface area contributed by atoms with E-state index in [0.29, 0.717) is 5.13 Å². The van der Waals surface area contributed by atoms with E-state index in [1.165, 1.54) is 50.7 Å². The number of rotatable bonds is 5. The molecule has 0 saturated carbocycles. The minimum Gasteiger partial charge on any atom is -0.495 e. The smallest absolute Gasteiger partial charge is 0.257 e. The Balaban J connectivity index is 1.95. The maximum absolute atomic E-state index is 12.6. The number of hydrogen-bond acceptors (Lipinski definition) is 6. The number of para-hydroxylation sites is 1. The average molecular weight is 406 g/mol. The van der Waals surface area contributed by atoms with Crippen LogP contribution in [0.25, 0.3) is 10.2 Å². The molecule has 2 aromatic carbocycles. The lowest BCUT2D eigenvalue weighted by molar-refractivity contribution is 0.102. The molecule has 0 fully saturated rings. The molecule has 0 aliphatic rings. The number of aryl methyl sites for hydroxylation is 1. The number of methoxy groups -OCH3 is 1. The normalized spacial score (nSPS) is 11.7. The van der Waals surface area contributed by atoms with Gasteiger partial charge < -0.3 is 4.74 Å². The Bertz CT molecular complexity index is 1120. The lowest BCUT2D eigenvalue weighted by Crippen LogP contribution is -2.23. The van der Waals surface area contributed by atoms with Crippen LogP contribution in [0.1, 0.15) is 15.9 Å². The van der Waals surface area contributed by atoms with Gasteiger partial charge in [-0.25, -0.2) is 17.7 Å². The topological polar surface area (TPSA) is 88.6 Å². The maximum Gasteiger partial charge on any atom is 0.257 e. The van der Waals surface area contributed by atoms with Crippen molar-refractivity contribution < 1.29 is 17.9 Å². The van der Waals surface area contributed by atoms with E-state index in [9.17, 15) is 13.2 Å². The monoisotopic (exact) mass is 405 g/mol. The molecular weight excluding hydrogens is 386 g/mol. The molecule has 0 atom stereocenters. The summed E-state index contributed by atoms with van der Waals surface area (Å²) in [5.41, 5.74) is 2.06. The lowest BCUT2D eigenvalue weighted by atomic mass is 10.2. The highest BCUT2D eigenvalue weighted by molar-refractivity contribution is 7.89. The third-order valence-electron chi connectivity index (χ3n) is 4.03. The molecule has 27 heavy (non-hydrogen) atoms. The Kier molecular flexibility index (Phi) is 5.18. The molecule has 1 N–H and O–H groups in total. The summed E-state index contributed by atoms with van der Waals surface area (Å²) in [6.07, 6.45) is 0. The number of nitrogens with zero attached hydrogens (tertiary/aromatic N) is 2. The molecule has 0 aliphatic carbocycles. The molecule has 7 nitrogen and oxygen atoms in total. The van der Waals surface area contributed by atoms with Crippen molar-refractivity contribution in [1.82, 2.24) is 9.29 Å². The first-order valence-corrected chi connectivity index (χ1v) is 10.3. The first kappa shape index (κ1) is 19.3. The van der Waals surface area contributed by atoms with E-state index >= 15 is 0 Å². The standard InChI is InChI=1S/C18H19N3O4S2/c1-11-6-5-7-14-16(11)19-18(26-14)20-17(22)12-8-9-13(25-4)15(10-12)27(23,24)21(2)3/h5-10H,1-4H3,(H,19,20,22). The van der Waals surface area contributed by atoms with Crippen LogP contribution in [-0.4, -0.2) is 44.8 Å². The van der Waals surface area contributed by atoms with E-state index in [0.717, 1.165) is 20.1 Å². The second-order valence-corrected chi connectivity index (χ2v) is 9.20. The molecule has 3 aromatic rings. The maximum atomic E-state index is 12.6. The van der Waals surface area contributed by atoms with Gasteiger partial charge in [-0.15, -0.1) is 0 Å². The Morgan fingerprint density at radius 2 is 1.96 bits per heavy atom. The molecule has 1 amide bonds. The van der Waals surface area contributed by atoms with Gasteiger partial charge in [-0.1, -0.05) is 23.5 Å². The second-order valence-electron chi connectivity index (χ2n) is 6.05. The Morgan fingerprint density at radius 3 is 2.59 bits per heavy atom. The van der Waals surface area contributed by atoms with Gasteiger partial charge in [-0.2, -0.15) is 0 Å². The number of fused-ring (bicyclic) bond motifs is 1. The molecule has 3 rings (SSSR count). The van der Waals surface area contributed by atoms with Gasteiger partial charge >= 0.3 is 0 Å². The summed E-state index contributed by atoms with van der Waals surface area (Å²) in [6.45, 7) is 1.95. The highest BCUT2D eigenvalue weighted by atomic mass is 32.2. The first-order valence-electron chi connectivity index (χ1n) is 8.02. The molecule has 142 valence electrons. The van der Waals surface area contributed by atoms with Crippen LogP contribution in [0.2, 0.25) is 0 Å². The van der Waals surface area contributed by atoms with Crippen LogP contribution in [0, 0.1) is 6.92 Å². The van der Waals surface area contributed by atoms with Crippen LogP contribution in [0.5, 0.6) is 5.75 Å². The van der Waals surface area contributed by atoms with E-state index in [4.69, 9.17) is 4.74 Å². The molecule has 1 heterocycles. The van der Waals surface area contributed by atoms with Crippen LogP contribution >= 0.6 is 11.3 Å². The molecule has 0 bridgehead atoms. The molecule has 9 heteroatoms. The van der Waals surface area contributed by atoms with Gasteiger partial charge in [0.1, 0.15) is 10.6 Å². The summed E-state index contributed by atoms with van der Waals surface area (Å²) in [5.74, 6) is -0.263. The summed E-state index contributed by atoms with van der Waals surface area (Å²) in [5, 5.41) is 3.20. The van der Waals surface area contributed by atoms with E-state index in [1.54, 1.807) is 0 Å². The second kappa shape index (κ2) is 7.26. The number of carbonyl (C=O) groups is 1. The zero-order chi connectivity index (χ0) is 19.8. The van der Waals surface area contributed by atoms with Crippen LogP contribution in [-0.2, 0) is 10.0 Å². The number of thiazole rings is 1. The SMILES string of the molecule is COc1ccc(C(=O)Nc2nc3c(C)cccc3s2)cc1S(=O)(=O)N(C)C. The fourth-order valence-electron chi connectivity index (χ4n) is 2.53. The van der Waals surface area contributed by atoms with Gasteiger partial charge in [0.25, 0.3) is 5.91 Å². The molecule has 0 saturated heterocycles. The van der Waals surface area contributed by atoms with Crippen molar-refractivity contribution in [2.24, 2.45) is 0 Å². The van der Waals surface area contributed by atoms with Crippen molar-refractivity contribution in [2.75, 3.05) is 26.5 Å². The fraction of sp³-hybridized carbons (Fsp3) is 0.222. The van der Waals surface area contributed by atoms with Gasteiger partial charge in [0.05, 0.1) is 17.3 Å². The van der Waals surface area contributed by atoms with E-state index < -0.39 is 15.9 Å². The van der Waals surface area contributed by atoms with Crippen LogP contribution in [0.4, 0.5) is 5.13 Å². The molecular formula is C18H19N3O4S2. The fourth-order valence-corrected chi connectivity index (χ4v) is 4.54. The largest absolute Gasteiger partial charge is 0.495 e. The van der Waals surface area contributed by atoms with Crippen LogP contribution < -0.4 is 10.1 Å². The van der Waals surface area contributed by atoms with Crippen molar-refractivity contribution in [2.45, 2.75) is 11.8 Å². The van der Waals surface area contributed by atoms with Crippen molar-refractivity contribution in [1.29, 1.82) is 0 Å². The summed E-state index contributed by atoms with van der Waals surface area (Å²) in [7, 11) is 0.466. The number of ether oxygens (including phenoxy) is 1. The summed E-state index contributed by atoms with van der Waals surface area (Å²) < 4.78 is 32.2. The minimum atomic E-state index is -3.76. The Labute approximate surface area is 161 Å². The van der Waals surface area contributed by atoms with Crippen molar-refractivity contribution in [3.05, 3.63) is 47.5 Å². The molecule has 0 radical (unpaired) electrons. The third kappa shape index (κ3) is 3.66. The molecule has 0 unspecified atom stereocenters. The van der Waals surface area contributed by atoms with Crippen molar-refractivity contribution in [3.63, 3.8) is 0 Å². The van der Waals surface area contributed by atoms with Gasteiger partial charge in [0.2, 0.25) is 10.0 Å². The lowest BCUT2D eigenvalue weighted by Gasteiger charge is -2.15. The van der Waals surface area contributed by atoms with Gasteiger partial charge in [-0.05, 0) is 36.8 Å². The average Bonchev–Trinajstić information content (AvgIpc) is 3.04. The zero-order valence-corrected chi connectivity index (χ0v) is 16.9. The van der Waals surface area contributed by atoms with E-state index in [2.05, 4.69) is 10.3 Å². The minimum absolute atomic E-state index is 0.0669. The zero-order valence-electron chi connectivity index (χ0n) is 15.3. The number of hydrogen-bond donors (Lipinski definition) is 1. The van der Waals surface area contributed by atoms with Gasteiger partial charge in [0, 0.05) is 19.7 Å². The summed E-state index contributed by atoms with van der Waals surface area (Å²) >= 11 is 1.36. The summed E-state index contributed by atoms with van der Waals surface area (Å²) in [4.78, 5) is 17.0. The van der Waals surface area contributed by atoms with Crippen molar-refractivity contribution in [3.8, 4) is 5.75 Å². The predicted molar refractivity (Wildman–Crippen MR) is 106 cm³/mol. The van der Waals surface area contributed by atoms with Crippen LogP contribution in [0.3, 0.4) is 0 Å². The molecule has 1 aromatic heterocycles. The van der Waals surface area contributed by atoms with Gasteiger partial charge in [0.15, 0.2) is 5.13 Å². The Hall–Kier alpha value is -2.49. The highest BCUT2D eigenvalue weighted by Crippen LogP contribution is 2.30. The number of anilines is 1. The number of benzene rings is 2. The third-order valence-corrected chi connectivity index (χ3v) is 6.80. The Morgan fingerprint density at radius 1 is 1.22 bits per heavy atom. The number of aromatic nitrogens is 1. The van der Waals surface area contributed by atoms with Crippen molar-refractivity contribution >= 4 is 42.6 Å². The number of amides is 1. The van der Waals surface area contributed by atoms with E-state index in [1.807, 2.05) is 25.1 Å². The molecule has 0 aliphatic heterocycles. The number of carbonyl (C=O) groups excluding carboxylic acids is 1. The quantitative estimate of drug-likeness (QED) is 0.705. The van der Waals surface area contributed by atoms with Gasteiger partial charge in [-0.3, -0.25) is 10.1 Å². The summed E-state index contributed by atoms with van der Waals surface area (Å²) in [6, 6.07) is 10.1.